The average Bonchev–Trinajstić information content (AvgIpc) is 2.30. The van der Waals surface area contributed by atoms with Crippen LogP contribution < -0.4 is 0 Å². The van der Waals surface area contributed by atoms with Gasteiger partial charge in [-0.1, -0.05) is 43.7 Å². The van der Waals surface area contributed by atoms with Gasteiger partial charge in [-0.15, -0.1) is 0 Å². The Morgan fingerprint density at radius 3 is 2.44 bits per heavy atom. The Labute approximate surface area is 102 Å². The first-order valence-corrected chi connectivity index (χ1v) is 6.43. The monoisotopic (exact) mass is 232 g/mol. The Morgan fingerprint density at radius 1 is 1.19 bits per heavy atom. The summed E-state index contributed by atoms with van der Waals surface area (Å²) in [5, 5.41) is 0.825. The van der Waals surface area contributed by atoms with Crippen molar-refractivity contribution in [2.24, 2.45) is 17.3 Å². The molecule has 4 rings (SSSR count). The molecule has 1 fully saturated rings. The summed E-state index contributed by atoms with van der Waals surface area (Å²) < 4.78 is 0. The highest BCUT2D eigenvalue weighted by atomic mass is 35.5. The third-order valence-corrected chi connectivity index (χ3v) is 4.90. The maximum absolute atomic E-state index is 5.93. The smallest absolute Gasteiger partial charge is 0.0406 e. The number of allylic oxidation sites excluding steroid dienone is 2. The van der Waals surface area contributed by atoms with Gasteiger partial charge in [0.15, 0.2) is 0 Å². The fourth-order valence-corrected chi connectivity index (χ4v) is 3.44. The zero-order valence-corrected chi connectivity index (χ0v) is 10.6. The Morgan fingerprint density at radius 2 is 1.88 bits per heavy atom. The molecule has 2 atom stereocenters. The van der Waals surface area contributed by atoms with Gasteiger partial charge in [0.25, 0.3) is 0 Å². The van der Waals surface area contributed by atoms with Crippen molar-refractivity contribution in [1.29, 1.82) is 0 Å². The summed E-state index contributed by atoms with van der Waals surface area (Å²) in [7, 11) is 0. The molecule has 0 spiro atoms. The lowest BCUT2D eigenvalue weighted by molar-refractivity contribution is 0.0113. The molecule has 16 heavy (non-hydrogen) atoms. The summed E-state index contributed by atoms with van der Waals surface area (Å²) in [6, 6.07) is 8.30. The quantitative estimate of drug-likeness (QED) is 0.653. The molecular weight excluding hydrogens is 216 g/mol. The van der Waals surface area contributed by atoms with E-state index in [0.717, 1.165) is 16.9 Å². The fraction of sp³-hybridized carbons (Fsp3) is 0.467. The molecule has 84 valence electrons. The minimum absolute atomic E-state index is 0.504. The second-order valence-corrected chi connectivity index (χ2v) is 6.15. The molecule has 0 aliphatic heterocycles. The third kappa shape index (κ3) is 1.36. The number of benzene rings is 1. The van der Waals surface area contributed by atoms with Gasteiger partial charge >= 0.3 is 0 Å². The summed E-state index contributed by atoms with van der Waals surface area (Å²) >= 11 is 5.93. The Bertz CT molecular complexity index is 439. The number of fused-ring (bicyclic) bond motifs is 1. The van der Waals surface area contributed by atoms with Crippen LogP contribution in [-0.4, -0.2) is 0 Å². The van der Waals surface area contributed by atoms with Crippen molar-refractivity contribution in [2.45, 2.75) is 26.7 Å². The first-order valence-electron chi connectivity index (χ1n) is 6.05. The van der Waals surface area contributed by atoms with Crippen LogP contribution >= 0.6 is 11.6 Å². The van der Waals surface area contributed by atoms with Crippen LogP contribution in [0.2, 0.25) is 5.02 Å². The third-order valence-electron chi connectivity index (χ3n) is 4.65. The molecule has 0 nitrogen and oxygen atoms in total. The van der Waals surface area contributed by atoms with Crippen LogP contribution in [0.4, 0.5) is 0 Å². The van der Waals surface area contributed by atoms with Crippen molar-refractivity contribution < 1.29 is 0 Å². The molecule has 0 unspecified atom stereocenters. The molecule has 0 N–H and O–H groups in total. The number of hydrogen-bond acceptors (Lipinski definition) is 0. The van der Waals surface area contributed by atoms with Gasteiger partial charge in [0, 0.05) is 5.02 Å². The molecule has 0 heterocycles. The van der Waals surface area contributed by atoms with E-state index in [0.29, 0.717) is 5.41 Å². The highest BCUT2D eigenvalue weighted by molar-refractivity contribution is 6.30. The van der Waals surface area contributed by atoms with Crippen molar-refractivity contribution in [2.75, 3.05) is 0 Å². The van der Waals surface area contributed by atoms with E-state index in [-0.39, 0.29) is 0 Å². The van der Waals surface area contributed by atoms with E-state index in [2.05, 4.69) is 32.1 Å². The Kier molecular flexibility index (Phi) is 2.19. The second-order valence-electron chi connectivity index (χ2n) is 5.71. The molecule has 1 aromatic carbocycles. The molecule has 3 aliphatic rings. The molecule has 0 aromatic heterocycles. The molecule has 1 aromatic rings. The van der Waals surface area contributed by atoms with Crippen LogP contribution in [-0.2, 0) is 0 Å². The predicted molar refractivity (Wildman–Crippen MR) is 69.4 cm³/mol. The fourth-order valence-electron chi connectivity index (χ4n) is 3.32. The van der Waals surface area contributed by atoms with Crippen molar-refractivity contribution >= 4 is 17.2 Å². The first kappa shape index (κ1) is 10.4. The van der Waals surface area contributed by atoms with Gasteiger partial charge in [-0.2, -0.15) is 0 Å². The van der Waals surface area contributed by atoms with Crippen LogP contribution in [0.1, 0.15) is 32.3 Å². The van der Waals surface area contributed by atoms with Gasteiger partial charge in [-0.25, -0.2) is 0 Å². The van der Waals surface area contributed by atoms with Crippen LogP contribution in [0.25, 0.3) is 5.57 Å². The largest absolute Gasteiger partial charge is 0.0843 e. The molecule has 2 bridgehead atoms. The van der Waals surface area contributed by atoms with E-state index in [1.165, 1.54) is 18.4 Å². The molecule has 1 heteroatoms. The van der Waals surface area contributed by atoms with Crippen LogP contribution in [0.3, 0.4) is 0 Å². The predicted octanol–water partition coefficient (Wildman–Crippen LogP) is 4.79. The number of rotatable bonds is 1. The van der Waals surface area contributed by atoms with Crippen molar-refractivity contribution in [3.8, 4) is 0 Å². The van der Waals surface area contributed by atoms with Gasteiger partial charge < -0.3 is 0 Å². The molecule has 0 amide bonds. The van der Waals surface area contributed by atoms with Crippen LogP contribution in [0, 0.1) is 17.3 Å². The van der Waals surface area contributed by atoms with E-state index in [1.807, 2.05) is 12.1 Å². The van der Waals surface area contributed by atoms with E-state index < -0.39 is 0 Å². The summed E-state index contributed by atoms with van der Waals surface area (Å²) in [6.07, 6.45) is 5.07. The minimum atomic E-state index is 0.504. The summed E-state index contributed by atoms with van der Waals surface area (Å²) in [5.41, 5.74) is 3.41. The highest BCUT2D eigenvalue weighted by Crippen LogP contribution is 2.61. The van der Waals surface area contributed by atoms with E-state index in [4.69, 9.17) is 11.6 Å². The molecular formula is C15H17Cl. The Hall–Kier alpha value is -0.750. The lowest BCUT2D eigenvalue weighted by Crippen LogP contribution is -2.47. The van der Waals surface area contributed by atoms with Gasteiger partial charge in [0.2, 0.25) is 0 Å². The van der Waals surface area contributed by atoms with Crippen molar-refractivity contribution in [3.05, 3.63) is 40.9 Å². The number of hydrogen-bond donors (Lipinski definition) is 0. The zero-order chi connectivity index (χ0) is 11.3. The van der Waals surface area contributed by atoms with Gasteiger partial charge in [-0.05, 0) is 53.4 Å². The lowest BCUT2D eigenvalue weighted by Gasteiger charge is -2.56. The maximum atomic E-state index is 5.93. The summed E-state index contributed by atoms with van der Waals surface area (Å²) in [5.74, 6) is 1.67. The van der Waals surface area contributed by atoms with E-state index in [1.54, 1.807) is 5.57 Å². The molecule has 1 saturated carbocycles. The van der Waals surface area contributed by atoms with Gasteiger partial charge in [-0.3, -0.25) is 0 Å². The van der Waals surface area contributed by atoms with Crippen molar-refractivity contribution in [1.82, 2.24) is 0 Å². The average molecular weight is 233 g/mol. The summed E-state index contributed by atoms with van der Waals surface area (Å²) in [6.45, 7) is 4.82. The molecule has 0 saturated heterocycles. The molecule has 0 radical (unpaired) electrons. The Balaban J connectivity index is 1.97. The van der Waals surface area contributed by atoms with Gasteiger partial charge in [0.05, 0.1) is 0 Å². The van der Waals surface area contributed by atoms with Crippen LogP contribution in [0.5, 0.6) is 0 Å². The van der Waals surface area contributed by atoms with E-state index >= 15 is 0 Å². The lowest BCUT2D eigenvalue weighted by atomic mass is 9.48. The second kappa shape index (κ2) is 3.37. The van der Waals surface area contributed by atoms with Crippen LogP contribution in [0.15, 0.2) is 30.3 Å². The highest BCUT2D eigenvalue weighted by Gasteiger charge is 2.51. The zero-order valence-electron chi connectivity index (χ0n) is 9.83. The van der Waals surface area contributed by atoms with Gasteiger partial charge in [0.1, 0.15) is 0 Å². The SMILES string of the molecule is CC1(C)[C@@H]2CC=C(c3ccc(Cl)cc3)[C@@H]1C2. The molecule has 3 aliphatic carbocycles. The van der Waals surface area contributed by atoms with E-state index in [9.17, 15) is 0 Å². The minimum Gasteiger partial charge on any atom is -0.0843 e. The normalized spacial score (nSPS) is 30.6. The first-order chi connectivity index (χ1) is 7.59. The topological polar surface area (TPSA) is 0 Å². The van der Waals surface area contributed by atoms with Crippen molar-refractivity contribution in [3.63, 3.8) is 0 Å². The summed E-state index contributed by atoms with van der Waals surface area (Å²) in [4.78, 5) is 0. The number of halogens is 1. The maximum Gasteiger partial charge on any atom is 0.0406 e. The standard InChI is InChI=1S/C15H17Cl/c1-15(2)11-5-8-13(14(15)9-11)10-3-6-12(16)7-4-10/h3-4,6-8,11,14H,5,9H2,1-2H3/t11-,14+/m1/s1.